The molecule has 1 saturated heterocycles. The fourth-order valence-electron chi connectivity index (χ4n) is 3.62. The molecule has 4 rings (SSSR count). The lowest BCUT2D eigenvalue weighted by Crippen LogP contribution is -2.39. The van der Waals surface area contributed by atoms with Gasteiger partial charge in [-0.1, -0.05) is 18.2 Å². The largest absolute Gasteiger partial charge is 0.445 e. The summed E-state index contributed by atoms with van der Waals surface area (Å²) in [6, 6.07) is 10.1. The summed E-state index contributed by atoms with van der Waals surface area (Å²) in [5.41, 5.74) is 2.36. The Morgan fingerprint density at radius 3 is 2.86 bits per heavy atom. The average Bonchev–Trinajstić information content (AvgIpc) is 3.18. The number of rotatable bonds is 4. The Balaban J connectivity index is 1.45. The molecule has 0 bridgehead atoms. The molecule has 1 fully saturated rings. The maximum Gasteiger partial charge on any atom is 0.272 e. The van der Waals surface area contributed by atoms with Crippen LogP contribution in [0, 0.1) is 12.7 Å². The smallest absolute Gasteiger partial charge is 0.272 e. The number of amides is 1. The van der Waals surface area contributed by atoms with Crippen molar-refractivity contribution < 1.29 is 13.6 Å². The van der Waals surface area contributed by atoms with E-state index in [0.717, 1.165) is 29.7 Å². The minimum atomic E-state index is -0.253. The van der Waals surface area contributed by atoms with Crippen LogP contribution in [0.4, 0.5) is 4.39 Å². The summed E-state index contributed by atoms with van der Waals surface area (Å²) in [7, 11) is 0. The van der Waals surface area contributed by atoms with Gasteiger partial charge in [-0.15, -0.1) is 0 Å². The van der Waals surface area contributed by atoms with Crippen molar-refractivity contribution in [2.45, 2.75) is 32.1 Å². The van der Waals surface area contributed by atoms with Crippen molar-refractivity contribution in [1.29, 1.82) is 0 Å². The summed E-state index contributed by atoms with van der Waals surface area (Å²) in [5, 5.41) is 0. The molecule has 144 valence electrons. The van der Waals surface area contributed by atoms with Crippen LogP contribution in [0.2, 0.25) is 0 Å². The van der Waals surface area contributed by atoms with E-state index in [-0.39, 0.29) is 17.6 Å². The number of hydrogen-bond donors (Lipinski definition) is 0. The maximum atomic E-state index is 13.0. The van der Waals surface area contributed by atoms with Crippen LogP contribution in [0.3, 0.4) is 0 Å². The van der Waals surface area contributed by atoms with E-state index < -0.39 is 0 Å². The number of pyridine rings is 1. The Labute approximate surface area is 163 Å². The topological polar surface area (TPSA) is 59.2 Å². The van der Waals surface area contributed by atoms with Crippen LogP contribution < -0.4 is 0 Å². The summed E-state index contributed by atoms with van der Waals surface area (Å²) >= 11 is 0. The number of likely N-dealkylation sites (tertiary alicyclic amines) is 1. The van der Waals surface area contributed by atoms with Gasteiger partial charge in [0.15, 0.2) is 5.89 Å². The van der Waals surface area contributed by atoms with Gasteiger partial charge in [0.25, 0.3) is 5.91 Å². The Hall–Kier alpha value is -3.02. The third-order valence-corrected chi connectivity index (χ3v) is 5.13. The average molecular weight is 379 g/mol. The second-order valence-electron chi connectivity index (χ2n) is 7.23. The molecule has 3 heterocycles. The van der Waals surface area contributed by atoms with Gasteiger partial charge in [-0.2, -0.15) is 0 Å². The molecule has 0 spiro atoms. The van der Waals surface area contributed by atoms with Gasteiger partial charge in [0.2, 0.25) is 0 Å². The first-order valence-corrected chi connectivity index (χ1v) is 9.50. The van der Waals surface area contributed by atoms with Gasteiger partial charge in [-0.3, -0.25) is 9.78 Å². The van der Waals surface area contributed by atoms with Crippen LogP contribution in [0.15, 0.2) is 53.2 Å². The molecule has 0 saturated carbocycles. The van der Waals surface area contributed by atoms with Crippen molar-refractivity contribution in [2.24, 2.45) is 0 Å². The molecular weight excluding hydrogens is 357 g/mol. The molecule has 28 heavy (non-hydrogen) atoms. The molecule has 1 aliphatic heterocycles. The minimum Gasteiger partial charge on any atom is -0.445 e. The minimum absolute atomic E-state index is 0.0408. The standard InChI is InChI=1S/C22H22FN3O2/c1-15-4-2-10-24-20(15)22(27)26-11-3-5-17(14-26)21-25-13-19(28-21)12-16-6-8-18(23)9-7-16/h2,4,6-10,13,17H,3,5,11-12,14H2,1H3. The van der Waals surface area contributed by atoms with Crippen LogP contribution in [0.5, 0.6) is 0 Å². The van der Waals surface area contributed by atoms with E-state index >= 15 is 0 Å². The lowest BCUT2D eigenvalue weighted by molar-refractivity contribution is 0.0691. The monoisotopic (exact) mass is 379 g/mol. The van der Waals surface area contributed by atoms with Gasteiger partial charge in [-0.05, 0) is 49.1 Å². The summed E-state index contributed by atoms with van der Waals surface area (Å²) in [4.78, 5) is 23.4. The van der Waals surface area contributed by atoms with Crippen LogP contribution in [0.25, 0.3) is 0 Å². The normalized spacial score (nSPS) is 16.9. The molecular formula is C22H22FN3O2. The van der Waals surface area contributed by atoms with Gasteiger partial charge in [-0.25, -0.2) is 9.37 Å². The first-order chi connectivity index (χ1) is 13.6. The molecule has 5 nitrogen and oxygen atoms in total. The predicted octanol–water partition coefficient (Wildman–Crippen LogP) is 4.13. The van der Waals surface area contributed by atoms with Gasteiger partial charge in [0.05, 0.1) is 12.1 Å². The molecule has 3 aromatic rings. The van der Waals surface area contributed by atoms with Crippen LogP contribution >= 0.6 is 0 Å². The lowest BCUT2D eigenvalue weighted by atomic mass is 9.97. The van der Waals surface area contributed by atoms with Crippen molar-refractivity contribution in [3.8, 4) is 0 Å². The number of nitrogens with zero attached hydrogens (tertiary/aromatic N) is 3. The molecule has 0 aliphatic carbocycles. The molecule has 6 heteroatoms. The number of hydrogen-bond acceptors (Lipinski definition) is 4. The number of benzene rings is 1. The molecule has 2 aromatic heterocycles. The SMILES string of the molecule is Cc1cccnc1C(=O)N1CCCC(c2ncc(Cc3ccc(F)cc3)o2)C1. The van der Waals surface area contributed by atoms with Crippen molar-refractivity contribution in [3.05, 3.63) is 83.1 Å². The van der Waals surface area contributed by atoms with Crippen molar-refractivity contribution in [2.75, 3.05) is 13.1 Å². The zero-order chi connectivity index (χ0) is 19.5. The Morgan fingerprint density at radius 1 is 1.25 bits per heavy atom. The highest BCUT2D eigenvalue weighted by molar-refractivity contribution is 5.93. The highest BCUT2D eigenvalue weighted by Crippen LogP contribution is 2.28. The summed E-state index contributed by atoms with van der Waals surface area (Å²) < 4.78 is 19.0. The summed E-state index contributed by atoms with van der Waals surface area (Å²) in [6.45, 7) is 3.19. The summed E-state index contributed by atoms with van der Waals surface area (Å²) in [6.07, 6.45) is 5.77. The molecule has 1 aromatic carbocycles. The molecule has 0 radical (unpaired) electrons. The van der Waals surface area contributed by atoms with E-state index in [1.807, 2.05) is 24.0 Å². The van der Waals surface area contributed by atoms with Crippen LogP contribution in [-0.4, -0.2) is 33.9 Å². The van der Waals surface area contributed by atoms with E-state index in [1.165, 1.54) is 12.1 Å². The van der Waals surface area contributed by atoms with Crippen molar-refractivity contribution in [3.63, 3.8) is 0 Å². The number of carbonyl (C=O) groups excluding carboxylic acids is 1. The van der Waals surface area contributed by atoms with Crippen LogP contribution in [-0.2, 0) is 6.42 Å². The fraction of sp³-hybridized carbons (Fsp3) is 0.318. The van der Waals surface area contributed by atoms with Gasteiger partial charge < -0.3 is 9.32 Å². The van der Waals surface area contributed by atoms with Crippen LogP contribution in [0.1, 0.15) is 52.0 Å². The number of oxazole rings is 1. The number of piperidine rings is 1. The molecule has 1 atom stereocenters. The van der Waals surface area contributed by atoms with E-state index in [0.29, 0.717) is 31.1 Å². The third-order valence-electron chi connectivity index (χ3n) is 5.13. The van der Waals surface area contributed by atoms with E-state index in [2.05, 4.69) is 9.97 Å². The zero-order valence-electron chi connectivity index (χ0n) is 15.8. The van der Waals surface area contributed by atoms with E-state index in [4.69, 9.17) is 4.42 Å². The van der Waals surface area contributed by atoms with Crippen molar-refractivity contribution in [1.82, 2.24) is 14.9 Å². The predicted molar refractivity (Wildman–Crippen MR) is 103 cm³/mol. The Morgan fingerprint density at radius 2 is 2.07 bits per heavy atom. The molecule has 0 N–H and O–H groups in total. The lowest BCUT2D eigenvalue weighted by Gasteiger charge is -2.31. The highest BCUT2D eigenvalue weighted by atomic mass is 19.1. The van der Waals surface area contributed by atoms with Gasteiger partial charge in [0.1, 0.15) is 17.3 Å². The number of carbonyl (C=O) groups is 1. The summed E-state index contributed by atoms with van der Waals surface area (Å²) in [5.74, 6) is 1.18. The van der Waals surface area contributed by atoms with E-state index in [9.17, 15) is 9.18 Å². The van der Waals surface area contributed by atoms with Crippen molar-refractivity contribution >= 4 is 5.91 Å². The number of aryl methyl sites for hydroxylation is 1. The Kier molecular flexibility index (Phi) is 5.19. The van der Waals surface area contributed by atoms with Gasteiger partial charge in [0, 0.05) is 25.7 Å². The molecule has 1 amide bonds. The second kappa shape index (κ2) is 7.92. The maximum absolute atomic E-state index is 13.0. The quantitative estimate of drug-likeness (QED) is 0.684. The van der Waals surface area contributed by atoms with E-state index in [1.54, 1.807) is 24.5 Å². The zero-order valence-corrected chi connectivity index (χ0v) is 15.8. The third kappa shape index (κ3) is 3.96. The number of aromatic nitrogens is 2. The molecule has 1 unspecified atom stereocenters. The first kappa shape index (κ1) is 18.3. The van der Waals surface area contributed by atoms with Gasteiger partial charge >= 0.3 is 0 Å². The fourth-order valence-corrected chi connectivity index (χ4v) is 3.62. The first-order valence-electron chi connectivity index (χ1n) is 9.50. The second-order valence-corrected chi connectivity index (χ2v) is 7.23. The highest BCUT2D eigenvalue weighted by Gasteiger charge is 2.29. The number of halogens is 1. The molecule has 1 aliphatic rings. The Bertz CT molecular complexity index is 968.